The highest BCUT2D eigenvalue weighted by atomic mass is 35.5. The number of hydrogen-bond donors (Lipinski definition) is 1. The summed E-state index contributed by atoms with van der Waals surface area (Å²) in [5.41, 5.74) is 1.87. The van der Waals surface area contributed by atoms with Gasteiger partial charge in [0.15, 0.2) is 0 Å². The van der Waals surface area contributed by atoms with E-state index in [2.05, 4.69) is 9.97 Å². The maximum Gasteiger partial charge on any atom is 0.277 e. The number of H-pyrrole nitrogens is 1. The van der Waals surface area contributed by atoms with Crippen molar-refractivity contribution in [3.8, 4) is 0 Å². The number of aromatic nitrogens is 3. The molecule has 0 fully saturated rings. The van der Waals surface area contributed by atoms with E-state index in [0.717, 1.165) is 17.3 Å². The van der Waals surface area contributed by atoms with Crippen molar-refractivity contribution >= 4 is 33.5 Å². The van der Waals surface area contributed by atoms with Gasteiger partial charge in [-0.15, -0.1) is 0 Å². The third kappa shape index (κ3) is 2.54. The summed E-state index contributed by atoms with van der Waals surface area (Å²) in [4.78, 5) is 20.0. The summed E-state index contributed by atoms with van der Waals surface area (Å²) in [5.74, 6) is 0. The van der Waals surface area contributed by atoms with Crippen LogP contribution in [0.25, 0.3) is 21.9 Å². The standard InChI is InChI=1S/C15H16ClN3O2/c1-2-21-8-4-7-19-9-17-13-12-10(16)5-3-6-11(12)18-14(13)15(19)20/h3,5-6,9,18H,2,4,7-8H2,1H3. The summed E-state index contributed by atoms with van der Waals surface area (Å²) in [6.45, 7) is 3.87. The maximum atomic E-state index is 12.5. The van der Waals surface area contributed by atoms with Crippen molar-refractivity contribution in [3.05, 3.63) is 39.9 Å². The molecule has 110 valence electrons. The van der Waals surface area contributed by atoms with Gasteiger partial charge >= 0.3 is 0 Å². The molecule has 5 nitrogen and oxygen atoms in total. The predicted molar refractivity (Wildman–Crippen MR) is 84.0 cm³/mol. The number of nitrogens with zero attached hydrogens (tertiary/aromatic N) is 2. The number of hydrogen-bond acceptors (Lipinski definition) is 3. The van der Waals surface area contributed by atoms with Crippen molar-refractivity contribution < 1.29 is 4.74 Å². The minimum atomic E-state index is -0.0798. The highest BCUT2D eigenvalue weighted by molar-refractivity contribution is 6.37. The Bertz CT molecular complexity index is 838. The van der Waals surface area contributed by atoms with Crippen LogP contribution in [0, 0.1) is 0 Å². The normalized spacial score (nSPS) is 11.5. The average Bonchev–Trinajstić information content (AvgIpc) is 2.86. The van der Waals surface area contributed by atoms with Gasteiger partial charge in [-0.3, -0.25) is 9.36 Å². The number of benzene rings is 1. The molecule has 0 aliphatic heterocycles. The molecule has 3 aromatic rings. The van der Waals surface area contributed by atoms with E-state index in [-0.39, 0.29) is 5.56 Å². The molecular formula is C15H16ClN3O2. The minimum absolute atomic E-state index is 0.0798. The predicted octanol–water partition coefficient (Wildman–Crippen LogP) is 2.96. The molecule has 0 radical (unpaired) electrons. The second-order valence-electron chi connectivity index (χ2n) is 4.80. The summed E-state index contributed by atoms with van der Waals surface area (Å²) < 4.78 is 6.89. The Morgan fingerprint density at radius 2 is 2.29 bits per heavy atom. The lowest BCUT2D eigenvalue weighted by Gasteiger charge is -2.05. The number of fused-ring (bicyclic) bond motifs is 3. The molecule has 0 spiro atoms. The van der Waals surface area contributed by atoms with Crippen LogP contribution in [0.15, 0.2) is 29.3 Å². The Labute approximate surface area is 126 Å². The minimum Gasteiger partial charge on any atom is -0.382 e. The van der Waals surface area contributed by atoms with E-state index in [1.54, 1.807) is 17.0 Å². The Balaban J connectivity index is 2.03. The molecule has 0 amide bonds. The van der Waals surface area contributed by atoms with Gasteiger partial charge in [-0.1, -0.05) is 17.7 Å². The highest BCUT2D eigenvalue weighted by Gasteiger charge is 2.12. The zero-order valence-corrected chi connectivity index (χ0v) is 12.5. The molecule has 0 saturated carbocycles. The summed E-state index contributed by atoms with van der Waals surface area (Å²) in [5, 5.41) is 1.40. The van der Waals surface area contributed by atoms with E-state index in [0.29, 0.717) is 35.8 Å². The van der Waals surface area contributed by atoms with Crippen LogP contribution in [0.3, 0.4) is 0 Å². The number of ether oxygens (including phenoxy) is 1. The fraction of sp³-hybridized carbons (Fsp3) is 0.333. The van der Waals surface area contributed by atoms with Gasteiger partial charge in [0.05, 0.1) is 11.3 Å². The lowest BCUT2D eigenvalue weighted by molar-refractivity contribution is 0.141. The second kappa shape index (κ2) is 5.87. The molecule has 21 heavy (non-hydrogen) atoms. The smallest absolute Gasteiger partial charge is 0.277 e. The van der Waals surface area contributed by atoms with Gasteiger partial charge in [0.2, 0.25) is 0 Å². The van der Waals surface area contributed by atoms with Gasteiger partial charge < -0.3 is 9.72 Å². The van der Waals surface area contributed by atoms with Crippen molar-refractivity contribution in [2.75, 3.05) is 13.2 Å². The lowest BCUT2D eigenvalue weighted by Crippen LogP contribution is -2.21. The van der Waals surface area contributed by atoms with Crippen molar-refractivity contribution in [1.82, 2.24) is 14.5 Å². The zero-order valence-electron chi connectivity index (χ0n) is 11.7. The van der Waals surface area contributed by atoms with Gasteiger partial charge in [-0.25, -0.2) is 4.98 Å². The third-order valence-electron chi connectivity index (χ3n) is 3.44. The van der Waals surface area contributed by atoms with Crippen molar-refractivity contribution in [2.45, 2.75) is 19.9 Å². The quantitative estimate of drug-likeness (QED) is 0.737. The van der Waals surface area contributed by atoms with Gasteiger partial charge in [0.1, 0.15) is 11.0 Å². The summed E-state index contributed by atoms with van der Waals surface area (Å²) in [6.07, 6.45) is 2.36. The van der Waals surface area contributed by atoms with E-state index < -0.39 is 0 Å². The van der Waals surface area contributed by atoms with Gasteiger partial charge in [0.25, 0.3) is 5.56 Å². The SMILES string of the molecule is CCOCCCn1cnc2c([nH]c3cccc(Cl)c32)c1=O. The number of rotatable bonds is 5. The van der Waals surface area contributed by atoms with Crippen LogP contribution in [-0.4, -0.2) is 27.7 Å². The Morgan fingerprint density at radius 3 is 3.10 bits per heavy atom. The van der Waals surface area contributed by atoms with Gasteiger partial charge in [-0.05, 0) is 25.5 Å². The van der Waals surface area contributed by atoms with Crippen LogP contribution in [0.2, 0.25) is 5.02 Å². The lowest BCUT2D eigenvalue weighted by atomic mass is 10.2. The largest absolute Gasteiger partial charge is 0.382 e. The molecule has 0 bridgehead atoms. The number of halogens is 1. The van der Waals surface area contributed by atoms with Crippen LogP contribution in [0.4, 0.5) is 0 Å². The van der Waals surface area contributed by atoms with Crippen molar-refractivity contribution in [1.29, 1.82) is 0 Å². The first-order valence-corrected chi connectivity index (χ1v) is 7.33. The van der Waals surface area contributed by atoms with E-state index in [1.165, 1.54) is 0 Å². The van der Waals surface area contributed by atoms with E-state index in [1.807, 2.05) is 19.1 Å². The Kier molecular flexibility index (Phi) is 3.94. The molecule has 3 rings (SSSR count). The van der Waals surface area contributed by atoms with Crippen LogP contribution < -0.4 is 5.56 Å². The summed E-state index contributed by atoms with van der Waals surface area (Å²) in [7, 11) is 0. The summed E-state index contributed by atoms with van der Waals surface area (Å²) >= 11 is 6.20. The van der Waals surface area contributed by atoms with Gasteiger partial charge in [0, 0.05) is 30.7 Å². The average molecular weight is 306 g/mol. The number of nitrogens with one attached hydrogen (secondary N) is 1. The van der Waals surface area contributed by atoms with E-state index >= 15 is 0 Å². The maximum absolute atomic E-state index is 12.5. The first kappa shape index (κ1) is 14.1. The zero-order chi connectivity index (χ0) is 14.8. The van der Waals surface area contributed by atoms with Crippen molar-refractivity contribution in [2.24, 2.45) is 0 Å². The monoisotopic (exact) mass is 305 g/mol. The molecule has 0 aliphatic rings. The topological polar surface area (TPSA) is 59.9 Å². The van der Waals surface area contributed by atoms with Crippen LogP contribution >= 0.6 is 11.6 Å². The Hall–Kier alpha value is -1.85. The second-order valence-corrected chi connectivity index (χ2v) is 5.21. The molecule has 0 aliphatic carbocycles. The van der Waals surface area contributed by atoms with Crippen LogP contribution in [0.5, 0.6) is 0 Å². The molecule has 6 heteroatoms. The number of aromatic amines is 1. The number of aryl methyl sites for hydroxylation is 1. The van der Waals surface area contributed by atoms with E-state index in [4.69, 9.17) is 16.3 Å². The molecule has 0 atom stereocenters. The molecule has 0 unspecified atom stereocenters. The summed E-state index contributed by atoms with van der Waals surface area (Å²) in [6, 6.07) is 5.54. The van der Waals surface area contributed by atoms with Crippen LogP contribution in [-0.2, 0) is 11.3 Å². The van der Waals surface area contributed by atoms with E-state index in [9.17, 15) is 4.79 Å². The van der Waals surface area contributed by atoms with Crippen molar-refractivity contribution in [3.63, 3.8) is 0 Å². The molecular weight excluding hydrogens is 290 g/mol. The third-order valence-corrected chi connectivity index (χ3v) is 3.75. The van der Waals surface area contributed by atoms with Crippen LogP contribution in [0.1, 0.15) is 13.3 Å². The molecule has 1 N–H and O–H groups in total. The molecule has 1 aromatic carbocycles. The first-order valence-electron chi connectivity index (χ1n) is 6.95. The fourth-order valence-electron chi connectivity index (χ4n) is 2.44. The first-order chi connectivity index (χ1) is 10.2. The molecule has 0 saturated heterocycles. The fourth-order valence-corrected chi connectivity index (χ4v) is 2.70. The van der Waals surface area contributed by atoms with Gasteiger partial charge in [-0.2, -0.15) is 0 Å². The molecule has 2 aromatic heterocycles. The highest BCUT2D eigenvalue weighted by Crippen LogP contribution is 2.28. The molecule has 2 heterocycles. The Morgan fingerprint density at radius 1 is 1.43 bits per heavy atom.